The Bertz CT molecular complexity index is 784. The average molecular weight is 340 g/mol. The minimum absolute atomic E-state index is 0.316. The number of piperidine rings is 1. The van der Waals surface area contributed by atoms with Gasteiger partial charge in [-0.3, -0.25) is 4.90 Å². The highest BCUT2D eigenvalue weighted by atomic mass is 32.1. The molecule has 0 aliphatic carbocycles. The van der Waals surface area contributed by atoms with Crippen molar-refractivity contribution in [1.29, 1.82) is 0 Å². The summed E-state index contributed by atoms with van der Waals surface area (Å²) in [5.41, 5.74) is 4.99. The Morgan fingerprint density at radius 3 is 3.04 bits per heavy atom. The van der Waals surface area contributed by atoms with Gasteiger partial charge < -0.3 is 4.98 Å². The maximum atomic E-state index is 4.73. The number of hydrogen-bond acceptors (Lipinski definition) is 6. The molecule has 0 unspecified atom stereocenters. The van der Waals surface area contributed by atoms with Crippen LogP contribution in [0.1, 0.15) is 42.5 Å². The fourth-order valence-electron chi connectivity index (χ4n) is 3.33. The van der Waals surface area contributed by atoms with Crippen LogP contribution >= 0.6 is 11.3 Å². The van der Waals surface area contributed by atoms with Crippen molar-refractivity contribution in [2.45, 2.75) is 38.8 Å². The summed E-state index contributed by atoms with van der Waals surface area (Å²) in [6.45, 7) is 3.91. The molecule has 6 nitrogen and oxygen atoms in total. The highest BCUT2D eigenvalue weighted by Gasteiger charge is 2.26. The van der Waals surface area contributed by atoms with E-state index in [-0.39, 0.29) is 0 Å². The van der Waals surface area contributed by atoms with Crippen LogP contribution in [0.4, 0.5) is 0 Å². The van der Waals surface area contributed by atoms with E-state index in [1.54, 1.807) is 17.5 Å². The summed E-state index contributed by atoms with van der Waals surface area (Å²) in [6.07, 6.45) is 7.16. The molecule has 1 fully saturated rings. The molecule has 0 aromatic carbocycles. The molecule has 3 aromatic heterocycles. The number of likely N-dealkylation sites (tertiary alicyclic amines) is 1. The van der Waals surface area contributed by atoms with Gasteiger partial charge in [-0.25, -0.2) is 19.9 Å². The fourth-order valence-corrected chi connectivity index (χ4v) is 3.88. The molecule has 0 amide bonds. The summed E-state index contributed by atoms with van der Waals surface area (Å²) in [6, 6.07) is 2.39. The van der Waals surface area contributed by atoms with Crippen LogP contribution < -0.4 is 0 Å². The third kappa shape index (κ3) is 3.22. The Hall–Kier alpha value is -2.12. The van der Waals surface area contributed by atoms with Crippen LogP contribution in [0.15, 0.2) is 29.4 Å². The molecule has 7 heteroatoms. The van der Waals surface area contributed by atoms with Gasteiger partial charge in [-0.15, -0.1) is 11.3 Å². The molecule has 4 rings (SSSR count). The van der Waals surface area contributed by atoms with E-state index in [0.29, 0.717) is 6.04 Å². The number of aromatic nitrogens is 5. The van der Waals surface area contributed by atoms with Gasteiger partial charge in [0, 0.05) is 24.3 Å². The first-order chi connectivity index (χ1) is 11.8. The summed E-state index contributed by atoms with van der Waals surface area (Å²) in [5, 5.41) is 2.13. The normalized spacial score (nSPS) is 18.8. The van der Waals surface area contributed by atoms with Crippen LogP contribution in [0.2, 0.25) is 0 Å². The van der Waals surface area contributed by atoms with Crippen LogP contribution in [-0.4, -0.2) is 36.4 Å². The van der Waals surface area contributed by atoms with E-state index in [1.807, 2.05) is 18.6 Å². The molecule has 124 valence electrons. The van der Waals surface area contributed by atoms with Gasteiger partial charge in [0.1, 0.15) is 11.5 Å². The minimum atomic E-state index is 0.316. The van der Waals surface area contributed by atoms with Crippen molar-refractivity contribution in [3.8, 4) is 11.5 Å². The Balaban J connectivity index is 1.65. The van der Waals surface area contributed by atoms with E-state index >= 15 is 0 Å². The van der Waals surface area contributed by atoms with E-state index in [2.05, 4.69) is 36.3 Å². The zero-order valence-corrected chi connectivity index (χ0v) is 14.5. The summed E-state index contributed by atoms with van der Waals surface area (Å²) >= 11 is 1.65. The SMILES string of the molecule is Cc1nc(-c2ncc[nH]2)cc([C@H]2CCCCN2Cc2cscn2)n1. The van der Waals surface area contributed by atoms with Crippen LogP contribution in [0.25, 0.3) is 11.5 Å². The van der Waals surface area contributed by atoms with Crippen LogP contribution in [0.5, 0.6) is 0 Å². The molecule has 24 heavy (non-hydrogen) atoms. The van der Waals surface area contributed by atoms with Gasteiger partial charge in [0.25, 0.3) is 0 Å². The highest BCUT2D eigenvalue weighted by Crippen LogP contribution is 2.32. The Kier molecular flexibility index (Phi) is 4.36. The first kappa shape index (κ1) is 15.4. The van der Waals surface area contributed by atoms with Gasteiger partial charge in [0.15, 0.2) is 5.82 Å². The Labute approximate surface area is 145 Å². The molecular weight excluding hydrogens is 320 g/mol. The lowest BCUT2D eigenvalue weighted by Gasteiger charge is -2.35. The number of aryl methyl sites for hydroxylation is 1. The van der Waals surface area contributed by atoms with Crippen LogP contribution in [0.3, 0.4) is 0 Å². The maximum absolute atomic E-state index is 4.73. The lowest BCUT2D eigenvalue weighted by molar-refractivity contribution is 0.135. The summed E-state index contributed by atoms with van der Waals surface area (Å²) < 4.78 is 0. The summed E-state index contributed by atoms with van der Waals surface area (Å²) in [4.78, 5) is 23.7. The zero-order valence-electron chi connectivity index (χ0n) is 13.6. The third-order valence-electron chi connectivity index (χ3n) is 4.40. The van der Waals surface area contributed by atoms with Gasteiger partial charge >= 0.3 is 0 Å². The molecule has 1 N–H and O–H groups in total. The minimum Gasteiger partial charge on any atom is -0.343 e. The second-order valence-corrected chi connectivity index (χ2v) is 6.84. The molecular formula is C17H20N6S. The van der Waals surface area contributed by atoms with Gasteiger partial charge in [0.05, 0.1) is 22.9 Å². The van der Waals surface area contributed by atoms with Gasteiger partial charge in [-0.2, -0.15) is 0 Å². The molecule has 0 bridgehead atoms. The number of H-pyrrole nitrogens is 1. The van der Waals surface area contributed by atoms with Crippen molar-refractivity contribution < 1.29 is 0 Å². The van der Waals surface area contributed by atoms with Crippen molar-refractivity contribution in [3.05, 3.63) is 46.6 Å². The van der Waals surface area contributed by atoms with Crippen LogP contribution in [-0.2, 0) is 6.54 Å². The maximum Gasteiger partial charge on any atom is 0.156 e. The van der Waals surface area contributed by atoms with E-state index in [1.165, 1.54) is 12.8 Å². The Morgan fingerprint density at radius 2 is 2.25 bits per heavy atom. The first-order valence-electron chi connectivity index (χ1n) is 8.26. The monoisotopic (exact) mass is 340 g/mol. The lowest BCUT2D eigenvalue weighted by Crippen LogP contribution is -2.33. The number of thiazole rings is 1. The number of aromatic amines is 1. The van der Waals surface area contributed by atoms with Crippen LogP contribution in [0, 0.1) is 6.92 Å². The summed E-state index contributed by atoms with van der Waals surface area (Å²) in [7, 11) is 0. The lowest BCUT2D eigenvalue weighted by atomic mass is 9.98. The number of nitrogens with one attached hydrogen (secondary N) is 1. The van der Waals surface area contributed by atoms with E-state index in [4.69, 9.17) is 4.98 Å². The van der Waals surface area contributed by atoms with Crippen molar-refractivity contribution in [2.24, 2.45) is 0 Å². The topological polar surface area (TPSA) is 70.6 Å². The Morgan fingerprint density at radius 1 is 1.29 bits per heavy atom. The molecule has 4 heterocycles. The number of nitrogens with zero attached hydrogens (tertiary/aromatic N) is 5. The zero-order chi connectivity index (χ0) is 16.4. The average Bonchev–Trinajstić information content (AvgIpc) is 3.28. The standard InChI is InChI=1S/C17H20N6S/c1-12-21-14(8-15(22-12)17-18-5-6-19-17)16-4-2-3-7-23(16)9-13-10-24-11-20-13/h5-6,8,10-11,16H,2-4,7,9H2,1H3,(H,18,19)/t16-/m1/s1. The molecule has 3 aromatic rings. The molecule has 0 radical (unpaired) electrons. The van der Waals surface area contributed by atoms with E-state index in [0.717, 1.165) is 48.2 Å². The van der Waals surface area contributed by atoms with Gasteiger partial charge in [0.2, 0.25) is 0 Å². The number of hydrogen-bond donors (Lipinski definition) is 1. The molecule has 1 aliphatic rings. The molecule has 1 saturated heterocycles. The second kappa shape index (κ2) is 6.78. The highest BCUT2D eigenvalue weighted by molar-refractivity contribution is 7.07. The third-order valence-corrected chi connectivity index (χ3v) is 5.04. The van der Waals surface area contributed by atoms with Crippen molar-refractivity contribution in [1.82, 2.24) is 29.8 Å². The predicted octanol–water partition coefficient (Wildman–Crippen LogP) is 3.36. The van der Waals surface area contributed by atoms with Crippen molar-refractivity contribution >= 4 is 11.3 Å². The fraction of sp³-hybridized carbons (Fsp3) is 0.412. The van der Waals surface area contributed by atoms with Crippen molar-refractivity contribution in [2.75, 3.05) is 6.54 Å². The number of imidazole rings is 1. The molecule has 0 spiro atoms. The molecule has 0 saturated carbocycles. The largest absolute Gasteiger partial charge is 0.343 e. The van der Waals surface area contributed by atoms with E-state index in [9.17, 15) is 0 Å². The molecule has 1 aliphatic heterocycles. The quantitative estimate of drug-likeness (QED) is 0.788. The first-order valence-corrected chi connectivity index (χ1v) is 9.20. The van der Waals surface area contributed by atoms with E-state index < -0.39 is 0 Å². The van der Waals surface area contributed by atoms with Crippen molar-refractivity contribution in [3.63, 3.8) is 0 Å². The predicted molar refractivity (Wildman–Crippen MR) is 93.5 cm³/mol. The van der Waals surface area contributed by atoms with Gasteiger partial charge in [-0.05, 0) is 32.4 Å². The van der Waals surface area contributed by atoms with Gasteiger partial charge in [-0.1, -0.05) is 6.42 Å². The molecule has 1 atom stereocenters. The number of rotatable bonds is 4. The second-order valence-electron chi connectivity index (χ2n) is 6.12. The smallest absolute Gasteiger partial charge is 0.156 e. The summed E-state index contributed by atoms with van der Waals surface area (Å²) in [5.74, 6) is 1.58.